The third-order valence-electron chi connectivity index (χ3n) is 2.87. The molecule has 9 heteroatoms. The number of hydrogen-bond acceptors (Lipinski definition) is 6. The number of carboxylic acids is 2. The number of carboxylic acid groups (broad SMARTS) is 2. The van der Waals surface area contributed by atoms with Gasteiger partial charge in [-0.1, -0.05) is 0 Å². The average molecular weight is 347 g/mol. The van der Waals surface area contributed by atoms with Crippen molar-refractivity contribution in [2.45, 2.75) is 44.9 Å². The highest BCUT2D eigenvalue weighted by Crippen LogP contribution is 2.01. The van der Waals surface area contributed by atoms with Crippen molar-refractivity contribution >= 4 is 23.8 Å². The summed E-state index contributed by atoms with van der Waals surface area (Å²) < 4.78 is 10.1. The van der Waals surface area contributed by atoms with Gasteiger partial charge in [0, 0.05) is 32.4 Å². The number of ether oxygens (including phenoxy) is 2. The van der Waals surface area contributed by atoms with Gasteiger partial charge in [0.1, 0.15) is 6.61 Å². The van der Waals surface area contributed by atoms with Gasteiger partial charge in [0.05, 0.1) is 13.0 Å². The molecule has 24 heavy (non-hydrogen) atoms. The predicted octanol–water partition coefficient (Wildman–Crippen LogP) is 0.562. The molecule has 0 heterocycles. The monoisotopic (exact) mass is 347 g/mol. The molecule has 0 aliphatic carbocycles. The van der Waals surface area contributed by atoms with E-state index in [0.29, 0.717) is 32.4 Å². The van der Waals surface area contributed by atoms with Crippen molar-refractivity contribution in [2.24, 2.45) is 0 Å². The van der Waals surface area contributed by atoms with E-state index in [4.69, 9.17) is 19.7 Å². The minimum Gasteiger partial charge on any atom is -0.481 e. The summed E-state index contributed by atoms with van der Waals surface area (Å²) in [5, 5.41) is 19.4. The van der Waals surface area contributed by atoms with Crippen LogP contribution in [0, 0.1) is 0 Å². The molecule has 0 aliphatic heterocycles. The number of esters is 1. The van der Waals surface area contributed by atoms with Crippen LogP contribution in [0.25, 0.3) is 0 Å². The van der Waals surface area contributed by atoms with E-state index in [0.717, 1.165) is 0 Å². The van der Waals surface area contributed by atoms with E-state index in [1.165, 1.54) is 0 Å². The second-order valence-electron chi connectivity index (χ2n) is 5.03. The Morgan fingerprint density at radius 3 is 2.08 bits per heavy atom. The number of unbranched alkanes of at least 4 members (excludes halogenated alkanes) is 1. The number of carbonyl (C=O) groups excluding carboxylic acids is 2. The molecule has 0 unspecified atom stereocenters. The zero-order valence-electron chi connectivity index (χ0n) is 13.6. The highest BCUT2D eigenvalue weighted by molar-refractivity contribution is 5.80. The first-order valence-corrected chi connectivity index (χ1v) is 7.85. The Labute approximate surface area is 140 Å². The second kappa shape index (κ2) is 14.4. The van der Waals surface area contributed by atoms with Gasteiger partial charge in [-0.25, -0.2) is 0 Å². The molecule has 0 rings (SSSR count). The molecule has 0 aromatic rings. The summed E-state index contributed by atoms with van der Waals surface area (Å²) in [5.41, 5.74) is 0. The van der Waals surface area contributed by atoms with E-state index >= 15 is 0 Å². The van der Waals surface area contributed by atoms with E-state index < -0.39 is 11.9 Å². The number of nitrogens with one attached hydrogen (secondary N) is 1. The zero-order valence-corrected chi connectivity index (χ0v) is 13.6. The minimum atomic E-state index is -1.01. The average Bonchev–Trinajstić information content (AvgIpc) is 2.51. The SMILES string of the molecule is O=C(O)CCCCC(=O)OCCOCCCNC(=O)CCC(=O)O. The molecule has 0 fully saturated rings. The molecule has 0 aromatic heterocycles. The number of aliphatic carboxylic acids is 2. The van der Waals surface area contributed by atoms with Gasteiger partial charge in [-0.05, 0) is 19.3 Å². The van der Waals surface area contributed by atoms with E-state index in [1.54, 1.807) is 0 Å². The standard InChI is InChI=1S/C15H25NO8/c17-12(6-7-14(20)21)16-8-3-9-23-10-11-24-15(22)5-2-1-4-13(18)19/h1-11H2,(H,16,17)(H,18,19)(H,20,21). The molecule has 0 saturated heterocycles. The summed E-state index contributed by atoms with van der Waals surface area (Å²) in [4.78, 5) is 43.0. The molecule has 1 amide bonds. The summed E-state index contributed by atoms with van der Waals surface area (Å²) in [7, 11) is 0. The first-order valence-electron chi connectivity index (χ1n) is 7.85. The molecular formula is C15H25NO8. The van der Waals surface area contributed by atoms with Gasteiger partial charge in [-0.3, -0.25) is 19.2 Å². The van der Waals surface area contributed by atoms with Crippen LogP contribution >= 0.6 is 0 Å². The smallest absolute Gasteiger partial charge is 0.305 e. The lowest BCUT2D eigenvalue weighted by molar-refractivity contribution is -0.145. The van der Waals surface area contributed by atoms with E-state index in [2.05, 4.69) is 5.32 Å². The first-order chi connectivity index (χ1) is 11.4. The van der Waals surface area contributed by atoms with Crippen molar-refractivity contribution in [1.29, 1.82) is 0 Å². The molecule has 0 atom stereocenters. The van der Waals surface area contributed by atoms with Crippen LogP contribution in [0.1, 0.15) is 44.9 Å². The Bertz CT molecular complexity index is 410. The van der Waals surface area contributed by atoms with Gasteiger partial charge in [0.15, 0.2) is 0 Å². The van der Waals surface area contributed by atoms with Crippen LogP contribution in [0.3, 0.4) is 0 Å². The minimum absolute atomic E-state index is 0.0430. The van der Waals surface area contributed by atoms with Gasteiger partial charge >= 0.3 is 17.9 Å². The summed E-state index contributed by atoms with van der Waals surface area (Å²) in [6, 6.07) is 0. The zero-order chi connectivity index (χ0) is 18.2. The van der Waals surface area contributed by atoms with E-state index in [-0.39, 0.29) is 50.8 Å². The fourth-order valence-corrected chi connectivity index (χ4v) is 1.65. The summed E-state index contributed by atoms with van der Waals surface area (Å²) >= 11 is 0. The third kappa shape index (κ3) is 16.2. The van der Waals surface area contributed by atoms with Gasteiger partial charge in [-0.2, -0.15) is 0 Å². The molecule has 0 saturated carbocycles. The lowest BCUT2D eigenvalue weighted by Crippen LogP contribution is -2.25. The maximum absolute atomic E-state index is 11.3. The highest BCUT2D eigenvalue weighted by atomic mass is 16.6. The molecule has 0 spiro atoms. The van der Waals surface area contributed by atoms with Gasteiger partial charge in [0.25, 0.3) is 0 Å². The number of amides is 1. The Hall–Kier alpha value is -2.16. The third-order valence-corrected chi connectivity index (χ3v) is 2.87. The summed E-state index contributed by atoms with van der Waals surface area (Å²) in [6.45, 7) is 1.15. The maximum atomic E-state index is 11.3. The molecule has 3 N–H and O–H groups in total. The van der Waals surface area contributed by atoms with Crippen molar-refractivity contribution in [3.63, 3.8) is 0 Å². The van der Waals surface area contributed by atoms with E-state index in [9.17, 15) is 19.2 Å². The van der Waals surface area contributed by atoms with Crippen LogP contribution in [0.4, 0.5) is 0 Å². The number of hydrogen-bond donors (Lipinski definition) is 3. The predicted molar refractivity (Wildman–Crippen MR) is 82.4 cm³/mol. The van der Waals surface area contributed by atoms with Crippen molar-refractivity contribution in [1.82, 2.24) is 5.32 Å². The number of rotatable bonds is 15. The van der Waals surface area contributed by atoms with Crippen LogP contribution in [0.5, 0.6) is 0 Å². The van der Waals surface area contributed by atoms with Crippen LogP contribution < -0.4 is 5.32 Å². The second-order valence-corrected chi connectivity index (χ2v) is 5.03. The van der Waals surface area contributed by atoms with Gasteiger partial charge in [0.2, 0.25) is 5.91 Å². The van der Waals surface area contributed by atoms with Crippen LogP contribution in [0.15, 0.2) is 0 Å². The normalized spacial score (nSPS) is 10.2. The Balaban J connectivity index is 3.32. The summed E-state index contributed by atoms with van der Waals surface area (Å²) in [6.07, 6.45) is 1.50. The van der Waals surface area contributed by atoms with Crippen molar-refractivity contribution < 1.29 is 38.9 Å². The molecule has 0 bridgehead atoms. The Kier molecular flexibility index (Phi) is 13.1. The van der Waals surface area contributed by atoms with Crippen molar-refractivity contribution in [3.05, 3.63) is 0 Å². The largest absolute Gasteiger partial charge is 0.481 e. The van der Waals surface area contributed by atoms with E-state index in [1.807, 2.05) is 0 Å². The quantitative estimate of drug-likeness (QED) is 0.288. The van der Waals surface area contributed by atoms with Crippen LogP contribution in [-0.2, 0) is 28.7 Å². The fraction of sp³-hybridized carbons (Fsp3) is 0.733. The van der Waals surface area contributed by atoms with Crippen molar-refractivity contribution in [3.8, 4) is 0 Å². The molecular weight excluding hydrogens is 322 g/mol. The van der Waals surface area contributed by atoms with Gasteiger partial charge < -0.3 is 25.0 Å². The lowest BCUT2D eigenvalue weighted by Gasteiger charge is -2.07. The molecule has 138 valence electrons. The molecule has 0 aromatic carbocycles. The molecule has 0 radical (unpaired) electrons. The molecule has 0 aliphatic rings. The Morgan fingerprint density at radius 1 is 0.750 bits per heavy atom. The first kappa shape index (κ1) is 21.8. The highest BCUT2D eigenvalue weighted by Gasteiger charge is 2.05. The topological polar surface area (TPSA) is 139 Å². The summed E-state index contributed by atoms with van der Waals surface area (Å²) in [5.74, 6) is -2.58. The van der Waals surface area contributed by atoms with Crippen molar-refractivity contribution in [2.75, 3.05) is 26.4 Å². The maximum Gasteiger partial charge on any atom is 0.305 e. The fourth-order valence-electron chi connectivity index (χ4n) is 1.65. The van der Waals surface area contributed by atoms with Crippen LogP contribution in [0.2, 0.25) is 0 Å². The Morgan fingerprint density at radius 2 is 1.42 bits per heavy atom. The van der Waals surface area contributed by atoms with Crippen LogP contribution in [-0.4, -0.2) is 60.4 Å². The lowest BCUT2D eigenvalue weighted by atomic mass is 10.2. The van der Waals surface area contributed by atoms with Gasteiger partial charge in [-0.15, -0.1) is 0 Å². The molecule has 9 nitrogen and oxygen atoms in total. The number of carbonyl (C=O) groups is 4.